The Balaban J connectivity index is 1.66. The first-order valence-electron chi connectivity index (χ1n) is 8.44. The van der Waals surface area contributed by atoms with E-state index < -0.39 is 0 Å². The largest absolute Gasteiger partial charge is 0.359 e. The number of benzene rings is 2. The van der Waals surface area contributed by atoms with Crippen LogP contribution in [0.4, 0.5) is 5.69 Å². The number of pyridine rings is 1. The molecule has 1 aliphatic heterocycles. The van der Waals surface area contributed by atoms with Crippen LogP contribution in [0.3, 0.4) is 0 Å². The summed E-state index contributed by atoms with van der Waals surface area (Å²) in [6.45, 7) is 0.630. The molecule has 0 aliphatic carbocycles. The molecule has 124 valence electrons. The normalized spacial score (nSPS) is 16.2. The Hall–Kier alpha value is -3.14. The smallest absolute Gasteiger partial charge is 0.257 e. The molecule has 0 bridgehead atoms. The predicted molar refractivity (Wildman–Crippen MR) is 98.2 cm³/mol. The molecule has 1 aliphatic rings. The summed E-state index contributed by atoms with van der Waals surface area (Å²) in [5, 5.41) is 3.47. The molecule has 1 amide bonds. The van der Waals surface area contributed by atoms with Gasteiger partial charge in [0.15, 0.2) is 0 Å². The maximum Gasteiger partial charge on any atom is 0.257 e. The lowest BCUT2D eigenvalue weighted by Gasteiger charge is -2.37. The fourth-order valence-electron chi connectivity index (χ4n) is 3.19. The van der Waals surface area contributed by atoms with E-state index in [4.69, 9.17) is 0 Å². The van der Waals surface area contributed by atoms with Gasteiger partial charge in [0.1, 0.15) is 6.17 Å². The van der Waals surface area contributed by atoms with Crippen LogP contribution in [0, 0.1) is 0 Å². The number of anilines is 1. The predicted octanol–water partition coefficient (Wildman–Crippen LogP) is 3.89. The van der Waals surface area contributed by atoms with Gasteiger partial charge in [-0.2, -0.15) is 0 Å². The van der Waals surface area contributed by atoms with Crippen LogP contribution in [0.1, 0.15) is 27.8 Å². The minimum atomic E-state index is -0.257. The summed E-state index contributed by atoms with van der Waals surface area (Å²) >= 11 is 0. The van der Waals surface area contributed by atoms with Gasteiger partial charge in [-0.3, -0.25) is 9.78 Å². The third-order valence-corrected chi connectivity index (χ3v) is 4.47. The molecule has 3 aromatic rings. The molecule has 4 heteroatoms. The number of nitrogens with zero attached hydrogens (tertiary/aromatic N) is 2. The number of rotatable bonds is 4. The third kappa shape index (κ3) is 3.11. The highest BCUT2D eigenvalue weighted by Crippen LogP contribution is 2.32. The maximum atomic E-state index is 13.1. The van der Waals surface area contributed by atoms with E-state index in [0.29, 0.717) is 12.1 Å². The Morgan fingerprint density at radius 3 is 2.48 bits per heavy atom. The second-order valence-corrected chi connectivity index (χ2v) is 6.08. The summed E-state index contributed by atoms with van der Waals surface area (Å²) in [5.41, 5.74) is 3.63. The zero-order chi connectivity index (χ0) is 17.1. The summed E-state index contributed by atoms with van der Waals surface area (Å²) < 4.78 is 0. The van der Waals surface area contributed by atoms with Gasteiger partial charge in [-0.25, -0.2) is 0 Å². The number of nitrogens with one attached hydrogen (secondary N) is 1. The zero-order valence-electron chi connectivity index (χ0n) is 13.8. The highest BCUT2D eigenvalue weighted by molar-refractivity contribution is 6.01. The quantitative estimate of drug-likeness (QED) is 0.790. The Labute approximate surface area is 147 Å². The molecule has 0 radical (unpaired) electrons. The fourth-order valence-corrected chi connectivity index (χ4v) is 3.19. The van der Waals surface area contributed by atoms with Crippen molar-refractivity contribution in [1.82, 2.24) is 9.88 Å². The summed E-state index contributed by atoms with van der Waals surface area (Å²) in [4.78, 5) is 19.4. The van der Waals surface area contributed by atoms with E-state index in [1.807, 2.05) is 65.6 Å². The molecular formula is C21H19N3O. The Kier molecular flexibility index (Phi) is 4.17. The molecule has 0 fully saturated rings. The molecule has 4 rings (SSSR count). The number of carbonyl (C=O) groups excluding carboxylic acids is 1. The van der Waals surface area contributed by atoms with Gasteiger partial charge in [-0.15, -0.1) is 0 Å². The number of amides is 1. The van der Waals surface area contributed by atoms with E-state index in [0.717, 1.165) is 17.8 Å². The van der Waals surface area contributed by atoms with E-state index in [1.165, 1.54) is 5.56 Å². The van der Waals surface area contributed by atoms with Crippen LogP contribution in [0.15, 0.2) is 79.0 Å². The Bertz CT molecular complexity index is 865. The number of para-hydroxylation sites is 1. The third-order valence-electron chi connectivity index (χ3n) is 4.47. The summed E-state index contributed by atoms with van der Waals surface area (Å²) in [6, 6.07) is 23.7. The molecule has 0 saturated carbocycles. The van der Waals surface area contributed by atoms with Gasteiger partial charge >= 0.3 is 0 Å². The minimum Gasteiger partial charge on any atom is -0.359 e. The van der Waals surface area contributed by atoms with Crippen molar-refractivity contribution >= 4 is 11.6 Å². The van der Waals surface area contributed by atoms with Gasteiger partial charge in [0, 0.05) is 18.4 Å². The summed E-state index contributed by atoms with van der Waals surface area (Å²) in [7, 11) is 0. The molecule has 0 unspecified atom stereocenters. The Morgan fingerprint density at radius 2 is 1.68 bits per heavy atom. The van der Waals surface area contributed by atoms with Crippen molar-refractivity contribution in [2.75, 3.05) is 11.9 Å². The lowest BCUT2D eigenvalue weighted by atomic mass is 10.0. The number of hydrogen-bond donors (Lipinski definition) is 1. The Morgan fingerprint density at radius 1 is 0.920 bits per heavy atom. The zero-order valence-corrected chi connectivity index (χ0v) is 13.8. The van der Waals surface area contributed by atoms with Crippen molar-refractivity contribution in [3.63, 3.8) is 0 Å². The van der Waals surface area contributed by atoms with E-state index in [2.05, 4.69) is 22.4 Å². The van der Waals surface area contributed by atoms with Crippen molar-refractivity contribution < 1.29 is 4.79 Å². The molecule has 2 aromatic carbocycles. The maximum absolute atomic E-state index is 13.1. The standard InChI is InChI=1S/C21H19N3O/c25-21-17-10-4-5-11-18(17)23-20(19-12-6-7-14-22-19)24(21)15-13-16-8-2-1-3-9-16/h1-12,14,20,23H,13,15H2/t20-/m1/s1. The lowest BCUT2D eigenvalue weighted by molar-refractivity contribution is 0.0682. The molecule has 1 N–H and O–H groups in total. The van der Waals surface area contributed by atoms with Crippen LogP contribution >= 0.6 is 0 Å². The summed E-state index contributed by atoms with van der Waals surface area (Å²) in [6.07, 6.45) is 2.31. The molecule has 0 spiro atoms. The van der Waals surface area contributed by atoms with Gasteiger partial charge in [0.05, 0.1) is 11.3 Å². The van der Waals surface area contributed by atoms with Crippen molar-refractivity contribution in [3.8, 4) is 0 Å². The molecule has 4 nitrogen and oxygen atoms in total. The van der Waals surface area contributed by atoms with E-state index in [9.17, 15) is 4.79 Å². The number of fused-ring (bicyclic) bond motifs is 1. The highest BCUT2D eigenvalue weighted by Gasteiger charge is 2.33. The molecule has 25 heavy (non-hydrogen) atoms. The second kappa shape index (κ2) is 6.77. The average molecular weight is 329 g/mol. The molecule has 1 aromatic heterocycles. The highest BCUT2D eigenvalue weighted by atomic mass is 16.2. The summed E-state index contributed by atoms with van der Waals surface area (Å²) in [5.74, 6) is 0.0425. The first-order valence-corrected chi connectivity index (χ1v) is 8.44. The van der Waals surface area contributed by atoms with Gasteiger partial charge in [-0.1, -0.05) is 48.5 Å². The van der Waals surface area contributed by atoms with Gasteiger partial charge in [-0.05, 0) is 36.2 Å². The fraction of sp³-hybridized carbons (Fsp3) is 0.143. The SMILES string of the molecule is O=C1c2ccccc2N[C@@H](c2ccccn2)N1CCc1ccccc1. The van der Waals surface area contributed by atoms with Crippen molar-refractivity contribution in [3.05, 3.63) is 95.8 Å². The van der Waals surface area contributed by atoms with Crippen molar-refractivity contribution in [2.24, 2.45) is 0 Å². The van der Waals surface area contributed by atoms with Crippen LogP contribution in [-0.2, 0) is 6.42 Å². The van der Waals surface area contributed by atoms with Crippen molar-refractivity contribution in [1.29, 1.82) is 0 Å². The molecule has 0 saturated heterocycles. The van der Waals surface area contributed by atoms with E-state index >= 15 is 0 Å². The first kappa shape index (κ1) is 15.4. The van der Waals surface area contributed by atoms with Gasteiger partial charge < -0.3 is 10.2 Å². The van der Waals surface area contributed by atoms with E-state index in [-0.39, 0.29) is 12.1 Å². The van der Waals surface area contributed by atoms with Crippen LogP contribution < -0.4 is 5.32 Å². The first-order chi connectivity index (χ1) is 12.3. The van der Waals surface area contributed by atoms with Crippen LogP contribution in [0.2, 0.25) is 0 Å². The topological polar surface area (TPSA) is 45.2 Å². The van der Waals surface area contributed by atoms with Crippen molar-refractivity contribution in [2.45, 2.75) is 12.6 Å². The van der Waals surface area contributed by atoms with Crippen LogP contribution in [0.5, 0.6) is 0 Å². The number of carbonyl (C=O) groups is 1. The number of aromatic nitrogens is 1. The molecule has 2 heterocycles. The van der Waals surface area contributed by atoms with E-state index in [1.54, 1.807) is 6.20 Å². The van der Waals surface area contributed by atoms with Crippen LogP contribution in [-0.4, -0.2) is 22.3 Å². The molecular weight excluding hydrogens is 310 g/mol. The number of hydrogen-bond acceptors (Lipinski definition) is 3. The van der Waals surface area contributed by atoms with Gasteiger partial charge in [0.25, 0.3) is 5.91 Å². The minimum absolute atomic E-state index is 0.0425. The van der Waals surface area contributed by atoms with Crippen LogP contribution in [0.25, 0.3) is 0 Å². The lowest BCUT2D eigenvalue weighted by Crippen LogP contribution is -2.44. The monoisotopic (exact) mass is 329 g/mol. The second-order valence-electron chi connectivity index (χ2n) is 6.08. The molecule has 1 atom stereocenters. The van der Waals surface area contributed by atoms with Gasteiger partial charge in [0.2, 0.25) is 0 Å². The average Bonchev–Trinajstić information content (AvgIpc) is 2.69.